The molecule has 0 N–H and O–H groups in total. The van der Waals surface area contributed by atoms with Crippen LogP contribution in [0.15, 0.2) is 12.3 Å². The van der Waals surface area contributed by atoms with E-state index in [1.165, 1.54) is 4.90 Å². The predicted molar refractivity (Wildman–Crippen MR) is 70.5 cm³/mol. The summed E-state index contributed by atoms with van der Waals surface area (Å²) in [6.45, 7) is -0.129. The Balaban J connectivity index is 1.87. The third-order valence-electron chi connectivity index (χ3n) is 4.08. The van der Waals surface area contributed by atoms with Gasteiger partial charge in [-0.05, 0) is 12.8 Å². The van der Waals surface area contributed by atoms with E-state index in [-0.39, 0.29) is 24.9 Å². The van der Waals surface area contributed by atoms with Crippen molar-refractivity contribution in [1.29, 1.82) is 0 Å². The Bertz CT molecular complexity index is 622. The molecule has 0 spiro atoms. The largest absolute Gasteiger partial charge is 0.307 e. The van der Waals surface area contributed by atoms with Gasteiger partial charge in [-0.25, -0.2) is 4.68 Å². The molecule has 8 heteroatoms. The molecular formula is C12H16FN3O3S. The minimum Gasteiger partial charge on any atom is -0.296 e. The highest BCUT2D eigenvalue weighted by Crippen LogP contribution is 2.34. The highest BCUT2D eigenvalue weighted by molar-refractivity contribution is 7.87. The van der Waals surface area contributed by atoms with Gasteiger partial charge in [0.15, 0.2) is 0 Å². The molecule has 1 aromatic heterocycles. The lowest BCUT2D eigenvalue weighted by molar-refractivity contribution is -0.117. The molecule has 2 aliphatic rings. The predicted octanol–water partition coefficient (Wildman–Crippen LogP) is 1.40. The number of hydrogen-bond acceptors (Lipinski definition) is 4. The summed E-state index contributed by atoms with van der Waals surface area (Å²) in [4.78, 5) is 13.3. The molecule has 1 atom stereocenters. The van der Waals surface area contributed by atoms with Gasteiger partial charge in [-0.15, -0.1) is 3.89 Å². The zero-order valence-corrected chi connectivity index (χ0v) is 11.7. The van der Waals surface area contributed by atoms with E-state index in [1.807, 2.05) is 0 Å². The molecule has 1 saturated carbocycles. The standard InChI is InChI=1S/C12H16FN3O3S/c13-20(18,19)10-7-12(17)15(8-10)11-5-6-14-16(11)9-3-1-2-4-9/h5-6,9-10H,1-4,7-8H2. The smallest absolute Gasteiger partial charge is 0.296 e. The van der Waals surface area contributed by atoms with Gasteiger partial charge in [-0.3, -0.25) is 9.69 Å². The first-order valence-electron chi connectivity index (χ1n) is 6.74. The third kappa shape index (κ3) is 2.32. The van der Waals surface area contributed by atoms with Crippen LogP contribution in [0.1, 0.15) is 38.1 Å². The summed E-state index contributed by atoms with van der Waals surface area (Å²) in [7, 11) is -4.68. The molecule has 2 heterocycles. The average molecular weight is 301 g/mol. The van der Waals surface area contributed by atoms with E-state index in [0.717, 1.165) is 25.7 Å². The highest BCUT2D eigenvalue weighted by Gasteiger charge is 2.40. The Morgan fingerprint density at radius 1 is 1.30 bits per heavy atom. The van der Waals surface area contributed by atoms with Crippen molar-refractivity contribution in [2.75, 3.05) is 11.4 Å². The van der Waals surface area contributed by atoms with Gasteiger partial charge < -0.3 is 0 Å². The van der Waals surface area contributed by atoms with Gasteiger partial charge in [0, 0.05) is 19.0 Å². The number of carbonyl (C=O) groups is 1. The van der Waals surface area contributed by atoms with E-state index in [4.69, 9.17) is 0 Å². The summed E-state index contributed by atoms with van der Waals surface area (Å²) in [5, 5.41) is 2.98. The number of amides is 1. The normalized spacial score (nSPS) is 24.8. The summed E-state index contributed by atoms with van der Waals surface area (Å²) in [6, 6.07) is 1.93. The maximum absolute atomic E-state index is 13.1. The number of hydrogen-bond donors (Lipinski definition) is 0. The van der Waals surface area contributed by atoms with Crippen LogP contribution in [-0.2, 0) is 15.0 Å². The molecule has 110 valence electrons. The summed E-state index contributed by atoms with van der Waals surface area (Å²) < 4.78 is 36.8. The van der Waals surface area contributed by atoms with Gasteiger partial charge in [-0.1, -0.05) is 12.8 Å². The number of nitrogens with zero attached hydrogens (tertiary/aromatic N) is 3. The molecule has 1 aliphatic heterocycles. The molecule has 0 bridgehead atoms. The van der Waals surface area contributed by atoms with Gasteiger partial charge >= 0.3 is 10.2 Å². The summed E-state index contributed by atoms with van der Waals surface area (Å²) in [6.07, 6.45) is 5.55. The van der Waals surface area contributed by atoms with Gasteiger partial charge in [0.25, 0.3) is 0 Å². The number of rotatable bonds is 3. The van der Waals surface area contributed by atoms with Crippen molar-refractivity contribution >= 4 is 21.9 Å². The molecular weight excluding hydrogens is 285 g/mol. The maximum Gasteiger partial charge on any atom is 0.307 e. The van der Waals surface area contributed by atoms with Gasteiger partial charge in [0.1, 0.15) is 11.1 Å². The lowest BCUT2D eigenvalue weighted by Crippen LogP contribution is -2.29. The minimum absolute atomic E-state index is 0.129. The molecule has 1 unspecified atom stereocenters. The fourth-order valence-corrected chi connectivity index (χ4v) is 3.70. The first-order valence-corrected chi connectivity index (χ1v) is 8.19. The Morgan fingerprint density at radius 3 is 2.60 bits per heavy atom. The quantitative estimate of drug-likeness (QED) is 0.791. The Labute approximate surface area is 116 Å². The minimum atomic E-state index is -4.68. The van der Waals surface area contributed by atoms with Crippen molar-refractivity contribution in [1.82, 2.24) is 9.78 Å². The number of carbonyl (C=O) groups excluding carboxylic acids is 1. The van der Waals surface area contributed by atoms with Crippen molar-refractivity contribution in [2.45, 2.75) is 43.4 Å². The van der Waals surface area contributed by atoms with Crippen LogP contribution in [0.2, 0.25) is 0 Å². The molecule has 1 saturated heterocycles. The van der Waals surface area contributed by atoms with Crippen LogP contribution in [0.5, 0.6) is 0 Å². The van der Waals surface area contributed by atoms with Gasteiger partial charge in [0.05, 0.1) is 12.2 Å². The lowest BCUT2D eigenvalue weighted by Gasteiger charge is -2.21. The van der Waals surface area contributed by atoms with Gasteiger partial charge in [0.2, 0.25) is 5.91 Å². The molecule has 3 rings (SSSR count). The Kier molecular flexibility index (Phi) is 3.27. The second-order valence-corrected chi connectivity index (χ2v) is 7.00. The molecule has 1 aromatic rings. The average Bonchev–Trinajstić information content (AvgIpc) is 3.05. The van der Waals surface area contributed by atoms with Crippen molar-refractivity contribution in [3.8, 4) is 0 Å². The summed E-state index contributed by atoms with van der Waals surface area (Å²) in [5.74, 6) is 0.212. The van der Waals surface area contributed by atoms with Crippen LogP contribution in [0, 0.1) is 0 Å². The molecule has 1 aliphatic carbocycles. The van der Waals surface area contributed by atoms with Crippen molar-refractivity contribution in [3.05, 3.63) is 12.3 Å². The third-order valence-corrected chi connectivity index (χ3v) is 5.20. The number of aromatic nitrogens is 2. The van der Waals surface area contributed by atoms with Crippen LogP contribution >= 0.6 is 0 Å². The maximum atomic E-state index is 13.1. The topological polar surface area (TPSA) is 72.3 Å². The number of anilines is 1. The molecule has 6 nitrogen and oxygen atoms in total. The monoisotopic (exact) mass is 301 g/mol. The SMILES string of the molecule is O=C1CC(S(=O)(=O)F)CN1c1ccnn1C1CCCC1. The van der Waals surface area contributed by atoms with E-state index in [9.17, 15) is 17.1 Å². The Morgan fingerprint density at radius 2 is 2.00 bits per heavy atom. The zero-order chi connectivity index (χ0) is 14.3. The van der Waals surface area contributed by atoms with Crippen LogP contribution in [0.3, 0.4) is 0 Å². The summed E-state index contributed by atoms with van der Waals surface area (Å²) in [5.41, 5.74) is 0. The van der Waals surface area contributed by atoms with Crippen LogP contribution in [-0.4, -0.2) is 35.9 Å². The summed E-state index contributed by atoms with van der Waals surface area (Å²) >= 11 is 0. The van der Waals surface area contributed by atoms with Gasteiger partial charge in [-0.2, -0.15) is 13.5 Å². The molecule has 20 heavy (non-hydrogen) atoms. The van der Waals surface area contributed by atoms with Crippen LogP contribution in [0.25, 0.3) is 0 Å². The van der Waals surface area contributed by atoms with E-state index in [0.29, 0.717) is 5.82 Å². The molecule has 0 aromatic carbocycles. The van der Waals surface area contributed by atoms with Crippen molar-refractivity contribution in [3.63, 3.8) is 0 Å². The fourth-order valence-electron chi connectivity index (χ4n) is 3.04. The highest BCUT2D eigenvalue weighted by atomic mass is 32.3. The molecule has 1 amide bonds. The van der Waals surface area contributed by atoms with Crippen LogP contribution in [0.4, 0.5) is 9.70 Å². The second-order valence-electron chi connectivity index (χ2n) is 5.38. The van der Waals surface area contributed by atoms with E-state index >= 15 is 0 Å². The van der Waals surface area contributed by atoms with E-state index in [2.05, 4.69) is 5.10 Å². The zero-order valence-electron chi connectivity index (χ0n) is 10.9. The second kappa shape index (κ2) is 4.83. The van der Waals surface area contributed by atoms with Crippen LogP contribution < -0.4 is 4.90 Å². The van der Waals surface area contributed by atoms with Crippen molar-refractivity contribution < 1.29 is 17.1 Å². The Hall–Kier alpha value is -1.44. The first kappa shape index (κ1) is 13.5. The fraction of sp³-hybridized carbons (Fsp3) is 0.667. The number of halogens is 1. The molecule has 2 fully saturated rings. The van der Waals surface area contributed by atoms with E-state index < -0.39 is 15.5 Å². The lowest BCUT2D eigenvalue weighted by atomic mass is 10.2. The molecule has 0 radical (unpaired) electrons. The van der Waals surface area contributed by atoms with Crippen molar-refractivity contribution in [2.24, 2.45) is 0 Å². The first-order chi connectivity index (χ1) is 9.47. The van der Waals surface area contributed by atoms with E-state index in [1.54, 1.807) is 16.9 Å².